The Bertz CT molecular complexity index is 751. The van der Waals surface area contributed by atoms with E-state index in [2.05, 4.69) is 10.6 Å². The minimum absolute atomic E-state index is 0.0738. The van der Waals surface area contributed by atoms with Crippen molar-refractivity contribution >= 4 is 28.8 Å². The number of carbonyl (C=O) groups is 3. The van der Waals surface area contributed by atoms with Crippen LogP contribution in [0, 0.1) is 6.92 Å². The predicted octanol–water partition coefficient (Wildman–Crippen LogP) is 1.54. The molecule has 0 spiro atoms. The smallest absolute Gasteiger partial charge is 0.375 e. The lowest BCUT2D eigenvalue weighted by atomic mass is 10.1. The lowest BCUT2D eigenvalue weighted by Crippen LogP contribution is -2.38. The van der Waals surface area contributed by atoms with Crippen LogP contribution in [0.15, 0.2) is 28.7 Å². The monoisotopic (exact) mass is 332 g/mol. The molecule has 2 N–H and O–H groups in total. The first-order valence-electron chi connectivity index (χ1n) is 7.71. The molecule has 1 heterocycles. The summed E-state index contributed by atoms with van der Waals surface area (Å²) in [5, 5.41) is 5.83. The van der Waals surface area contributed by atoms with Crippen LogP contribution in [0.4, 0.5) is 0 Å². The van der Waals surface area contributed by atoms with E-state index in [0.29, 0.717) is 17.7 Å². The number of ether oxygens (including phenoxy) is 1. The molecule has 0 aliphatic rings. The van der Waals surface area contributed by atoms with Crippen LogP contribution >= 0.6 is 0 Å². The highest BCUT2D eigenvalue weighted by Crippen LogP contribution is 2.25. The van der Waals surface area contributed by atoms with Crippen LogP contribution in [0.1, 0.15) is 29.5 Å². The molecule has 0 bridgehead atoms. The summed E-state index contributed by atoms with van der Waals surface area (Å²) < 4.78 is 10.4. The van der Waals surface area contributed by atoms with Gasteiger partial charge in [-0.25, -0.2) is 4.79 Å². The fraction of sp³-hybridized carbons (Fsp3) is 0.353. The number of aryl methyl sites for hydroxylation is 1. The summed E-state index contributed by atoms with van der Waals surface area (Å²) in [6.07, 6.45) is 0.814. The van der Waals surface area contributed by atoms with Gasteiger partial charge in [-0.3, -0.25) is 9.59 Å². The Hall–Kier alpha value is -2.83. The number of fused-ring (bicyclic) bond motifs is 1. The zero-order valence-corrected chi connectivity index (χ0v) is 13.7. The first-order chi connectivity index (χ1) is 11.5. The third-order valence-corrected chi connectivity index (χ3v) is 3.38. The van der Waals surface area contributed by atoms with Gasteiger partial charge in [-0.2, -0.15) is 0 Å². The van der Waals surface area contributed by atoms with Gasteiger partial charge in [0, 0.05) is 17.5 Å². The highest BCUT2D eigenvalue weighted by Gasteiger charge is 2.19. The maximum atomic E-state index is 12.0. The molecule has 2 amide bonds. The number of carbonyl (C=O) groups excluding carboxylic acids is 3. The van der Waals surface area contributed by atoms with Gasteiger partial charge in [-0.1, -0.05) is 25.1 Å². The van der Waals surface area contributed by atoms with E-state index in [4.69, 9.17) is 9.15 Å². The second kappa shape index (κ2) is 8.14. The highest BCUT2D eigenvalue weighted by atomic mass is 16.5. The van der Waals surface area contributed by atoms with Crippen LogP contribution in [0.25, 0.3) is 11.0 Å². The van der Waals surface area contributed by atoms with Crippen LogP contribution in [-0.2, 0) is 14.3 Å². The molecule has 0 radical (unpaired) electrons. The minimum atomic E-state index is -0.714. The van der Waals surface area contributed by atoms with E-state index in [0.717, 1.165) is 11.8 Å². The second-order valence-corrected chi connectivity index (χ2v) is 5.26. The predicted molar refractivity (Wildman–Crippen MR) is 87.5 cm³/mol. The molecular formula is C17H20N2O5. The van der Waals surface area contributed by atoms with Crippen molar-refractivity contribution in [3.8, 4) is 0 Å². The summed E-state index contributed by atoms with van der Waals surface area (Å²) in [4.78, 5) is 35.0. The van der Waals surface area contributed by atoms with Crippen LogP contribution in [0.5, 0.6) is 0 Å². The van der Waals surface area contributed by atoms with Gasteiger partial charge in [0.2, 0.25) is 11.7 Å². The Morgan fingerprint density at radius 3 is 2.58 bits per heavy atom. The number of nitrogens with one attached hydrogen (secondary N) is 2. The molecular weight excluding hydrogens is 312 g/mol. The number of hydrogen-bond donors (Lipinski definition) is 2. The number of benzene rings is 1. The largest absolute Gasteiger partial charge is 0.450 e. The Balaban J connectivity index is 1.85. The molecule has 2 rings (SSSR count). The van der Waals surface area contributed by atoms with Crippen molar-refractivity contribution in [2.75, 3.05) is 19.7 Å². The summed E-state index contributed by atoms with van der Waals surface area (Å²) >= 11 is 0. The Morgan fingerprint density at radius 2 is 1.88 bits per heavy atom. The van der Waals surface area contributed by atoms with E-state index in [-0.39, 0.29) is 18.2 Å². The Labute approximate surface area is 139 Å². The van der Waals surface area contributed by atoms with Gasteiger partial charge in [0.25, 0.3) is 5.91 Å². The fourth-order valence-electron chi connectivity index (χ4n) is 2.12. The lowest BCUT2D eigenvalue weighted by Gasteiger charge is -2.06. The fourth-order valence-corrected chi connectivity index (χ4v) is 2.12. The molecule has 1 aromatic carbocycles. The standard InChI is InChI=1S/C17H20N2O5/c1-3-8-18-14(20)9-19-15(21)10-23-17(22)16-11(2)12-6-4-5-7-13(12)24-16/h4-7H,3,8-10H2,1-2H3,(H,18,20)(H,19,21). The van der Waals surface area contributed by atoms with Crippen LogP contribution in [0.2, 0.25) is 0 Å². The number of esters is 1. The van der Waals surface area contributed by atoms with E-state index in [9.17, 15) is 14.4 Å². The van der Waals surface area contributed by atoms with E-state index >= 15 is 0 Å². The first kappa shape index (κ1) is 17.5. The van der Waals surface area contributed by atoms with Crippen LogP contribution in [-0.4, -0.2) is 37.5 Å². The van der Waals surface area contributed by atoms with Crippen molar-refractivity contribution in [3.63, 3.8) is 0 Å². The van der Waals surface area contributed by atoms with Crippen molar-refractivity contribution in [1.82, 2.24) is 10.6 Å². The lowest BCUT2D eigenvalue weighted by molar-refractivity contribution is -0.127. The maximum absolute atomic E-state index is 12.0. The Morgan fingerprint density at radius 1 is 1.12 bits per heavy atom. The topological polar surface area (TPSA) is 97.6 Å². The molecule has 1 aromatic heterocycles. The van der Waals surface area contributed by atoms with Gasteiger partial charge in [0.05, 0.1) is 6.54 Å². The average Bonchev–Trinajstić information content (AvgIpc) is 2.93. The van der Waals surface area contributed by atoms with Gasteiger partial charge in [-0.05, 0) is 19.4 Å². The van der Waals surface area contributed by atoms with Crippen molar-refractivity contribution < 1.29 is 23.5 Å². The van der Waals surface area contributed by atoms with E-state index in [1.807, 2.05) is 19.1 Å². The summed E-state index contributed by atoms with van der Waals surface area (Å²) in [6.45, 7) is 3.60. The Kier molecular flexibility index (Phi) is 5.95. The van der Waals surface area contributed by atoms with Crippen LogP contribution < -0.4 is 10.6 Å². The number of hydrogen-bond acceptors (Lipinski definition) is 5. The minimum Gasteiger partial charge on any atom is -0.450 e. The van der Waals surface area contributed by atoms with Crippen molar-refractivity contribution in [1.29, 1.82) is 0 Å². The molecule has 0 aliphatic heterocycles. The normalized spacial score (nSPS) is 10.4. The summed E-state index contributed by atoms with van der Waals surface area (Å²) in [6, 6.07) is 7.24. The number of furan rings is 1. The average molecular weight is 332 g/mol. The van der Waals surface area contributed by atoms with Gasteiger partial charge >= 0.3 is 5.97 Å². The van der Waals surface area contributed by atoms with E-state index in [1.165, 1.54) is 0 Å². The number of amides is 2. The van der Waals surface area contributed by atoms with Crippen LogP contribution in [0.3, 0.4) is 0 Å². The second-order valence-electron chi connectivity index (χ2n) is 5.26. The number of rotatable bonds is 7. The molecule has 0 unspecified atom stereocenters. The molecule has 0 fully saturated rings. The van der Waals surface area contributed by atoms with Crippen molar-refractivity contribution in [2.24, 2.45) is 0 Å². The summed E-state index contributed by atoms with van der Waals surface area (Å²) in [5.74, 6) is -1.48. The van der Waals surface area contributed by atoms with Gasteiger partial charge in [0.15, 0.2) is 6.61 Å². The molecule has 0 saturated heterocycles. The third kappa shape index (κ3) is 4.34. The summed E-state index contributed by atoms with van der Waals surface area (Å²) in [7, 11) is 0. The summed E-state index contributed by atoms with van der Waals surface area (Å²) in [5.41, 5.74) is 1.24. The van der Waals surface area contributed by atoms with Gasteiger partial charge in [0.1, 0.15) is 5.58 Å². The molecule has 24 heavy (non-hydrogen) atoms. The highest BCUT2D eigenvalue weighted by molar-refractivity contribution is 5.96. The zero-order chi connectivity index (χ0) is 17.5. The quantitative estimate of drug-likeness (QED) is 0.750. The SMILES string of the molecule is CCCNC(=O)CNC(=O)COC(=O)c1oc2ccccc2c1C. The van der Waals surface area contributed by atoms with Crippen molar-refractivity contribution in [3.05, 3.63) is 35.6 Å². The molecule has 2 aromatic rings. The molecule has 0 atom stereocenters. The molecule has 7 heteroatoms. The maximum Gasteiger partial charge on any atom is 0.375 e. The number of para-hydroxylation sites is 1. The molecule has 0 aliphatic carbocycles. The molecule has 0 saturated carbocycles. The van der Waals surface area contributed by atoms with E-state index < -0.39 is 18.5 Å². The zero-order valence-electron chi connectivity index (χ0n) is 13.7. The van der Waals surface area contributed by atoms with Gasteiger partial charge < -0.3 is 19.8 Å². The third-order valence-electron chi connectivity index (χ3n) is 3.38. The first-order valence-corrected chi connectivity index (χ1v) is 7.71. The molecule has 7 nitrogen and oxygen atoms in total. The van der Waals surface area contributed by atoms with Gasteiger partial charge in [-0.15, -0.1) is 0 Å². The van der Waals surface area contributed by atoms with Crippen molar-refractivity contribution in [2.45, 2.75) is 20.3 Å². The molecule has 128 valence electrons. The van der Waals surface area contributed by atoms with E-state index in [1.54, 1.807) is 19.1 Å².